The highest BCUT2D eigenvalue weighted by Crippen LogP contribution is 2.13. The monoisotopic (exact) mass is 289 g/mol. The lowest BCUT2D eigenvalue weighted by molar-refractivity contribution is 0.0690. The quantitative estimate of drug-likeness (QED) is 0.738. The van der Waals surface area contributed by atoms with E-state index < -0.39 is 17.7 Å². The summed E-state index contributed by atoms with van der Waals surface area (Å²) in [5, 5.41) is 11.3. The zero-order valence-corrected chi connectivity index (χ0v) is 10.8. The van der Waals surface area contributed by atoms with Gasteiger partial charge in [-0.1, -0.05) is 6.07 Å². The Kier molecular flexibility index (Phi) is 4.13. The summed E-state index contributed by atoms with van der Waals surface area (Å²) in [5.41, 5.74) is 6.36. The van der Waals surface area contributed by atoms with Crippen LogP contribution in [0.5, 0.6) is 0 Å². The minimum atomic E-state index is -1.13. The molecule has 1 aromatic heterocycles. The molecule has 0 saturated carbocycles. The largest absolute Gasteiger partial charge is 0.477 e. The summed E-state index contributed by atoms with van der Waals surface area (Å²) in [7, 11) is 0. The second kappa shape index (κ2) is 6.00. The Balaban J connectivity index is 2.04. The molecule has 0 atom stereocenters. The van der Waals surface area contributed by atoms with Gasteiger partial charge in [0.2, 0.25) is 0 Å². The molecular weight excluding hydrogens is 277 g/mol. The highest BCUT2D eigenvalue weighted by atomic mass is 19.1. The number of anilines is 1. The number of carboxylic acid groups (broad SMARTS) is 1. The van der Waals surface area contributed by atoms with Gasteiger partial charge in [-0.15, -0.1) is 0 Å². The van der Waals surface area contributed by atoms with E-state index in [9.17, 15) is 14.0 Å². The molecule has 6 nitrogen and oxygen atoms in total. The topological polar surface area (TPSA) is 105 Å². The SMILES string of the molecule is Nc1ccc(F)cc1C(=O)NCc1ccc(C(=O)O)nc1. The van der Waals surface area contributed by atoms with E-state index >= 15 is 0 Å². The lowest BCUT2D eigenvalue weighted by Crippen LogP contribution is -2.24. The first kappa shape index (κ1) is 14.4. The van der Waals surface area contributed by atoms with E-state index in [-0.39, 0.29) is 23.5 Å². The smallest absolute Gasteiger partial charge is 0.354 e. The van der Waals surface area contributed by atoms with Crippen LogP contribution in [0.1, 0.15) is 26.4 Å². The van der Waals surface area contributed by atoms with Crippen molar-refractivity contribution in [2.75, 3.05) is 5.73 Å². The van der Waals surface area contributed by atoms with Gasteiger partial charge < -0.3 is 16.2 Å². The molecule has 1 aromatic carbocycles. The van der Waals surface area contributed by atoms with Crippen LogP contribution in [0.25, 0.3) is 0 Å². The predicted octanol–water partition coefficient (Wildman–Crippen LogP) is 1.43. The molecule has 0 bridgehead atoms. The number of nitrogens with zero attached hydrogens (tertiary/aromatic N) is 1. The average Bonchev–Trinajstić information content (AvgIpc) is 2.47. The molecule has 0 spiro atoms. The zero-order chi connectivity index (χ0) is 15.4. The third kappa shape index (κ3) is 3.53. The number of amides is 1. The number of nitrogens with two attached hydrogens (primary N) is 1. The Labute approximate surface area is 119 Å². The van der Waals surface area contributed by atoms with Gasteiger partial charge in [-0.2, -0.15) is 0 Å². The highest BCUT2D eigenvalue weighted by Gasteiger charge is 2.11. The number of aromatic carboxylic acids is 1. The molecule has 7 heteroatoms. The number of hydrogen-bond donors (Lipinski definition) is 3. The first-order valence-corrected chi connectivity index (χ1v) is 5.99. The van der Waals surface area contributed by atoms with Crippen LogP contribution in [0, 0.1) is 5.82 Å². The van der Waals surface area contributed by atoms with Crippen LogP contribution < -0.4 is 11.1 Å². The van der Waals surface area contributed by atoms with Crippen LogP contribution in [0.2, 0.25) is 0 Å². The molecule has 0 unspecified atom stereocenters. The number of aromatic nitrogens is 1. The standard InChI is InChI=1S/C14H12FN3O3/c15-9-2-3-11(16)10(5-9)13(19)18-7-8-1-4-12(14(20)21)17-6-8/h1-6H,7,16H2,(H,18,19)(H,20,21). The van der Waals surface area contributed by atoms with Crippen LogP contribution in [-0.2, 0) is 6.54 Å². The van der Waals surface area contributed by atoms with Gasteiger partial charge >= 0.3 is 5.97 Å². The molecule has 2 aromatic rings. The number of nitrogen functional groups attached to an aromatic ring is 1. The number of carbonyl (C=O) groups is 2. The second-order valence-corrected chi connectivity index (χ2v) is 4.27. The van der Waals surface area contributed by atoms with Gasteiger partial charge in [0, 0.05) is 18.4 Å². The minimum absolute atomic E-state index is 0.0464. The lowest BCUT2D eigenvalue weighted by Gasteiger charge is -2.07. The number of nitrogens with one attached hydrogen (secondary N) is 1. The Morgan fingerprint density at radius 3 is 2.67 bits per heavy atom. The number of halogens is 1. The summed E-state index contributed by atoms with van der Waals surface area (Å²) >= 11 is 0. The fourth-order valence-electron chi connectivity index (χ4n) is 1.66. The van der Waals surface area contributed by atoms with Crippen LogP contribution in [0.15, 0.2) is 36.5 Å². The number of pyridine rings is 1. The Morgan fingerprint density at radius 2 is 2.05 bits per heavy atom. The zero-order valence-electron chi connectivity index (χ0n) is 10.8. The summed E-state index contributed by atoms with van der Waals surface area (Å²) in [6, 6.07) is 6.40. The summed E-state index contributed by atoms with van der Waals surface area (Å²) in [6.45, 7) is 0.127. The van der Waals surface area contributed by atoms with Crippen molar-refractivity contribution in [1.82, 2.24) is 10.3 Å². The molecule has 4 N–H and O–H groups in total. The van der Waals surface area contributed by atoms with Gasteiger partial charge in [0.25, 0.3) is 5.91 Å². The molecule has 0 aliphatic heterocycles. The molecule has 0 radical (unpaired) electrons. The maximum Gasteiger partial charge on any atom is 0.354 e. The van der Waals surface area contributed by atoms with Crippen LogP contribution in [-0.4, -0.2) is 22.0 Å². The third-order valence-corrected chi connectivity index (χ3v) is 2.76. The summed E-state index contributed by atoms with van der Waals surface area (Å²) < 4.78 is 13.1. The van der Waals surface area contributed by atoms with Crippen LogP contribution in [0.4, 0.5) is 10.1 Å². The van der Waals surface area contributed by atoms with Crippen molar-refractivity contribution in [2.45, 2.75) is 6.54 Å². The lowest BCUT2D eigenvalue weighted by atomic mass is 10.1. The number of carboxylic acids is 1. The van der Waals surface area contributed by atoms with Crippen molar-refractivity contribution < 1.29 is 19.1 Å². The number of benzene rings is 1. The molecule has 1 amide bonds. The molecule has 108 valence electrons. The molecule has 0 saturated heterocycles. The first-order valence-electron chi connectivity index (χ1n) is 5.99. The van der Waals surface area contributed by atoms with Gasteiger partial charge in [-0.05, 0) is 29.8 Å². The van der Waals surface area contributed by atoms with Gasteiger partial charge in [-0.25, -0.2) is 14.2 Å². The van der Waals surface area contributed by atoms with Crippen molar-refractivity contribution >= 4 is 17.6 Å². The van der Waals surface area contributed by atoms with E-state index in [0.29, 0.717) is 5.56 Å². The molecule has 0 fully saturated rings. The van der Waals surface area contributed by atoms with Gasteiger partial charge in [0.15, 0.2) is 0 Å². The van der Waals surface area contributed by atoms with E-state index in [1.54, 1.807) is 0 Å². The number of carbonyl (C=O) groups excluding carboxylic acids is 1. The first-order chi connectivity index (χ1) is 9.97. The minimum Gasteiger partial charge on any atom is -0.477 e. The third-order valence-electron chi connectivity index (χ3n) is 2.76. The van der Waals surface area contributed by atoms with Gasteiger partial charge in [-0.3, -0.25) is 4.79 Å². The highest BCUT2D eigenvalue weighted by molar-refractivity contribution is 5.99. The van der Waals surface area contributed by atoms with Gasteiger partial charge in [0.05, 0.1) is 5.56 Å². The summed E-state index contributed by atoms with van der Waals surface area (Å²) in [4.78, 5) is 26.3. The van der Waals surface area contributed by atoms with Crippen molar-refractivity contribution in [1.29, 1.82) is 0 Å². The molecule has 0 aliphatic rings. The molecule has 0 aliphatic carbocycles. The molecule has 1 heterocycles. The van der Waals surface area contributed by atoms with E-state index in [4.69, 9.17) is 10.8 Å². The van der Waals surface area contributed by atoms with Crippen molar-refractivity contribution in [3.8, 4) is 0 Å². The number of rotatable bonds is 4. The maximum absolute atomic E-state index is 13.1. The summed E-state index contributed by atoms with van der Waals surface area (Å²) in [6.07, 6.45) is 1.35. The molecular formula is C14H12FN3O3. The van der Waals surface area contributed by atoms with E-state index in [1.807, 2.05) is 0 Å². The summed E-state index contributed by atoms with van der Waals surface area (Å²) in [5.74, 6) is -2.20. The Hall–Kier alpha value is -2.96. The van der Waals surface area contributed by atoms with Crippen LogP contribution >= 0.6 is 0 Å². The average molecular weight is 289 g/mol. The van der Waals surface area contributed by atoms with Crippen LogP contribution in [0.3, 0.4) is 0 Å². The van der Waals surface area contributed by atoms with Crippen molar-refractivity contribution in [2.24, 2.45) is 0 Å². The predicted molar refractivity (Wildman–Crippen MR) is 73.2 cm³/mol. The second-order valence-electron chi connectivity index (χ2n) is 4.27. The van der Waals surface area contributed by atoms with E-state index in [2.05, 4.69) is 10.3 Å². The Bertz CT molecular complexity index is 686. The van der Waals surface area contributed by atoms with E-state index in [0.717, 1.165) is 6.07 Å². The van der Waals surface area contributed by atoms with Crippen molar-refractivity contribution in [3.05, 3.63) is 59.2 Å². The molecule has 2 rings (SSSR count). The fourth-order valence-corrected chi connectivity index (χ4v) is 1.66. The molecule has 21 heavy (non-hydrogen) atoms. The van der Waals surface area contributed by atoms with Crippen molar-refractivity contribution in [3.63, 3.8) is 0 Å². The number of hydrogen-bond acceptors (Lipinski definition) is 4. The fraction of sp³-hybridized carbons (Fsp3) is 0.0714. The normalized spacial score (nSPS) is 10.1. The van der Waals surface area contributed by atoms with Gasteiger partial charge in [0.1, 0.15) is 11.5 Å². The Morgan fingerprint density at radius 1 is 1.29 bits per heavy atom. The maximum atomic E-state index is 13.1. The van der Waals surface area contributed by atoms with E-state index in [1.165, 1.54) is 30.5 Å².